The van der Waals surface area contributed by atoms with Crippen molar-refractivity contribution in [2.24, 2.45) is 0 Å². The number of methoxy groups -OCH3 is 2. The highest BCUT2D eigenvalue weighted by molar-refractivity contribution is 7.80. The number of thiocarbonyl (C=S) groups is 1. The molecule has 0 radical (unpaired) electrons. The molecule has 0 aliphatic heterocycles. The van der Waals surface area contributed by atoms with E-state index in [2.05, 4.69) is 10.6 Å². The molecule has 0 aromatic carbocycles. The van der Waals surface area contributed by atoms with Gasteiger partial charge in [0.1, 0.15) is 0 Å². The van der Waals surface area contributed by atoms with Crippen LogP contribution in [0.3, 0.4) is 0 Å². The Labute approximate surface area is 103 Å². The van der Waals surface area contributed by atoms with Crippen LogP contribution in [0.25, 0.3) is 0 Å². The molecular formula is C11H22N2O2S. The SMILES string of the molecule is COCCCNC(=S)NC1CCCC1OC. The van der Waals surface area contributed by atoms with Crippen molar-refractivity contribution in [3.05, 3.63) is 0 Å². The monoisotopic (exact) mass is 246 g/mol. The average molecular weight is 246 g/mol. The van der Waals surface area contributed by atoms with Gasteiger partial charge >= 0.3 is 0 Å². The Bertz CT molecular complexity index is 214. The number of hydrogen-bond donors (Lipinski definition) is 2. The zero-order chi connectivity index (χ0) is 11.8. The lowest BCUT2D eigenvalue weighted by atomic mass is 10.2. The van der Waals surface area contributed by atoms with E-state index in [9.17, 15) is 0 Å². The van der Waals surface area contributed by atoms with Gasteiger partial charge in [-0.25, -0.2) is 0 Å². The minimum Gasteiger partial charge on any atom is -0.385 e. The lowest BCUT2D eigenvalue weighted by Crippen LogP contribution is -2.46. The standard InChI is InChI=1S/C11H22N2O2S/c1-14-8-4-7-12-11(16)13-9-5-3-6-10(9)15-2/h9-10H,3-8H2,1-2H3,(H2,12,13,16). The quantitative estimate of drug-likeness (QED) is 0.542. The number of nitrogens with one attached hydrogen (secondary N) is 2. The molecule has 5 heteroatoms. The van der Waals surface area contributed by atoms with Crippen molar-refractivity contribution in [1.29, 1.82) is 0 Å². The van der Waals surface area contributed by atoms with Gasteiger partial charge in [-0.05, 0) is 37.9 Å². The molecular weight excluding hydrogens is 224 g/mol. The molecule has 1 rings (SSSR count). The van der Waals surface area contributed by atoms with Gasteiger partial charge < -0.3 is 20.1 Å². The van der Waals surface area contributed by atoms with Gasteiger partial charge in [-0.2, -0.15) is 0 Å². The van der Waals surface area contributed by atoms with Gasteiger partial charge in [0, 0.05) is 27.4 Å². The molecule has 1 fully saturated rings. The fraction of sp³-hybridized carbons (Fsp3) is 0.909. The summed E-state index contributed by atoms with van der Waals surface area (Å²) in [5.74, 6) is 0. The smallest absolute Gasteiger partial charge is 0.166 e. The summed E-state index contributed by atoms with van der Waals surface area (Å²) >= 11 is 5.22. The van der Waals surface area contributed by atoms with Gasteiger partial charge in [0.15, 0.2) is 5.11 Å². The van der Waals surface area contributed by atoms with Crippen LogP contribution in [-0.2, 0) is 9.47 Å². The molecule has 16 heavy (non-hydrogen) atoms. The van der Waals surface area contributed by atoms with Crippen molar-refractivity contribution < 1.29 is 9.47 Å². The van der Waals surface area contributed by atoms with E-state index < -0.39 is 0 Å². The fourth-order valence-corrected chi connectivity index (χ4v) is 2.26. The fourth-order valence-electron chi connectivity index (χ4n) is 2.01. The number of ether oxygens (including phenoxy) is 2. The van der Waals surface area contributed by atoms with E-state index in [1.165, 1.54) is 6.42 Å². The van der Waals surface area contributed by atoms with Gasteiger partial charge in [-0.3, -0.25) is 0 Å². The zero-order valence-corrected chi connectivity index (χ0v) is 10.9. The molecule has 0 amide bonds. The first-order valence-electron chi connectivity index (χ1n) is 5.84. The maximum Gasteiger partial charge on any atom is 0.166 e. The molecule has 1 saturated carbocycles. The van der Waals surface area contributed by atoms with E-state index in [4.69, 9.17) is 21.7 Å². The van der Waals surface area contributed by atoms with Gasteiger partial charge in [0.05, 0.1) is 12.1 Å². The van der Waals surface area contributed by atoms with Gasteiger partial charge in [-0.15, -0.1) is 0 Å². The van der Waals surface area contributed by atoms with Crippen molar-refractivity contribution in [2.75, 3.05) is 27.4 Å². The van der Waals surface area contributed by atoms with Crippen LogP contribution in [0.2, 0.25) is 0 Å². The molecule has 94 valence electrons. The molecule has 2 unspecified atom stereocenters. The molecule has 0 aromatic heterocycles. The van der Waals surface area contributed by atoms with E-state index in [0.717, 1.165) is 37.5 Å². The van der Waals surface area contributed by atoms with Crippen LogP contribution in [-0.4, -0.2) is 44.6 Å². The molecule has 4 nitrogen and oxygen atoms in total. The number of rotatable bonds is 6. The van der Waals surface area contributed by atoms with E-state index in [1.54, 1.807) is 14.2 Å². The van der Waals surface area contributed by atoms with Crippen LogP contribution in [0.15, 0.2) is 0 Å². The molecule has 0 heterocycles. The van der Waals surface area contributed by atoms with Crippen LogP contribution >= 0.6 is 12.2 Å². The maximum atomic E-state index is 5.40. The molecule has 0 bridgehead atoms. The van der Waals surface area contributed by atoms with E-state index in [0.29, 0.717) is 12.1 Å². The predicted octanol–water partition coefficient (Wildman–Crippen LogP) is 1.05. The lowest BCUT2D eigenvalue weighted by molar-refractivity contribution is 0.0907. The Morgan fingerprint density at radius 1 is 1.38 bits per heavy atom. The molecule has 2 N–H and O–H groups in total. The minimum absolute atomic E-state index is 0.304. The highest BCUT2D eigenvalue weighted by atomic mass is 32.1. The second-order valence-electron chi connectivity index (χ2n) is 4.06. The van der Waals surface area contributed by atoms with Gasteiger partial charge in [0.25, 0.3) is 0 Å². The lowest BCUT2D eigenvalue weighted by Gasteiger charge is -2.21. The molecule has 1 aliphatic rings. The molecule has 2 atom stereocenters. The Balaban J connectivity index is 2.13. The van der Waals surface area contributed by atoms with Crippen molar-refractivity contribution >= 4 is 17.3 Å². The normalized spacial score (nSPS) is 24.4. The van der Waals surface area contributed by atoms with Crippen molar-refractivity contribution in [3.8, 4) is 0 Å². The third kappa shape index (κ3) is 4.63. The third-order valence-electron chi connectivity index (χ3n) is 2.88. The Morgan fingerprint density at radius 3 is 2.88 bits per heavy atom. The van der Waals surface area contributed by atoms with Crippen molar-refractivity contribution in [2.45, 2.75) is 37.8 Å². The molecule has 0 aromatic rings. The largest absolute Gasteiger partial charge is 0.385 e. The Hall–Kier alpha value is -0.390. The summed E-state index contributed by atoms with van der Waals surface area (Å²) in [7, 11) is 3.47. The second kappa shape index (κ2) is 7.81. The minimum atomic E-state index is 0.304. The third-order valence-corrected chi connectivity index (χ3v) is 3.14. The summed E-state index contributed by atoms with van der Waals surface area (Å²) in [5.41, 5.74) is 0. The van der Waals surface area contributed by atoms with Crippen LogP contribution in [0.4, 0.5) is 0 Å². The van der Waals surface area contributed by atoms with Crippen LogP contribution < -0.4 is 10.6 Å². The Morgan fingerprint density at radius 2 is 2.19 bits per heavy atom. The highest BCUT2D eigenvalue weighted by Gasteiger charge is 2.27. The topological polar surface area (TPSA) is 42.5 Å². The summed E-state index contributed by atoms with van der Waals surface area (Å²) in [6.07, 6.45) is 4.75. The van der Waals surface area contributed by atoms with Crippen LogP contribution in [0.5, 0.6) is 0 Å². The Kier molecular flexibility index (Phi) is 6.68. The predicted molar refractivity (Wildman–Crippen MR) is 68.7 cm³/mol. The molecule has 0 spiro atoms. The molecule has 0 saturated heterocycles. The van der Waals surface area contributed by atoms with E-state index in [1.807, 2.05) is 0 Å². The first-order valence-corrected chi connectivity index (χ1v) is 6.25. The van der Waals surface area contributed by atoms with Gasteiger partial charge in [0.2, 0.25) is 0 Å². The second-order valence-corrected chi connectivity index (χ2v) is 4.47. The summed E-state index contributed by atoms with van der Waals surface area (Å²) in [6.45, 7) is 1.61. The van der Waals surface area contributed by atoms with E-state index in [-0.39, 0.29) is 0 Å². The zero-order valence-electron chi connectivity index (χ0n) is 10.1. The first-order chi connectivity index (χ1) is 7.77. The summed E-state index contributed by atoms with van der Waals surface area (Å²) < 4.78 is 10.4. The van der Waals surface area contributed by atoms with Gasteiger partial charge in [-0.1, -0.05) is 0 Å². The summed E-state index contributed by atoms with van der Waals surface area (Å²) in [5, 5.41) is 7.21. The number of hydrogen-bond acceptors (Lipinski definition) is 3. The molecule has 1 aliphatic carbocycles. The summed E-state index contributed by atoms with van der Waals surface area (Å²) in [6, 6.07) is 0.368. The summed E-state index contributed by atoms with van der Waals surface area (Å²) in [4.78, 5) is 0. The average Bonchev–Trinajstić information content (AvgIpc) is 2.71. The van der Waals surface area contributed by atoms with E-state index >= 15 is 0 Å². The maximum absolute atomic E-state index is 5.40. The van der Waals surface area contributed by atoms with Crippen molar-refractivity contribution in [3.63, 3.8) is 0 Å². The first kappa shape index (κ1) is 13.7. The van der Waals surface area contributed by atoms with Crippen LogP contribution in [0.1, 0.15) is 25.7 Å². The van der Waals surface area contributed by atoms with Crippen LogP contribution in [0, 0.1) is 0 Å². The van der Waals surface area contributed by atoms with Crippen molar-refractivity contribution in [1.82, 2.24) is 10.6 Å². The highest BCUT2D eigenvalue weighted by Crippen LogP contribution is 2.21.